The summed E-state index contributed by atoms with van der Waals surface area (Å²) < 4.78 is 5.53. The van der Waals surface area contributed by atoms with Crippen LogP contribution in [0.2, 0.25) is 0 Å². The molecule has 102 valence electrons. The van der Waals surface area contributed by atoms with E-state index < -0.39 is 0 Å². The second kappa shape index (κ2) is 7.11. The van der Waals surface area contributed by atoms with Crippen LogP contribution in [0.1, 0.15) is 24.6 Å². The monoisotopic (exact) mass is 278 g/mol. The average Bonchev–Trinajstić information content (AvgIpc) is 2.84. The molecule has 0 aliphatic rings. The number of hydrogen-bond acceptors (Lipinski definition) is 4. The van der Waals surface area contributed by atoms with Gasteiger partial charge in [0.2, 0.25) is 0 Å². The van der Waals surface area contributed by atoms with Gasteiger partial charge >= 0.3 is 4.87 Å². The Balaban J connectivity index is 1.78. The van der Waals surface area contributed by atoms with E-state index in [0.717, 1.165) is 31.0 Å². The molecule has 2 N–H and O–H groups in total. The second-order valence-corrected chi connectivity index (χ2v) is 5.11. The van der Waals surface area contributed by atoms with Gasteiger partial charge in [0, 0.05) is 24.2 Å². The van der Waals surface area contributed by atoms with Crippen molar-refractivity contribution >= 4 is 11.3 Å². The highest BCUT2D eigenvalue weighted by Crippen LogP contribution is 2.12. The maximum atomic E-state index is 11.0. The Kier molecular flexibility index (Phi) is 5.18. The first-order valence-electron chi connectivity index (χ1n) is 6.37. The number of benzene rings is 1. The van der Waals surface area contributed by atoms with Crippen LogP contribution < -0.4 is 14.9 Å². The Hall–Kier alpha value is -1.59. The zero-order valence-electron chi connectivity index (χ0n) is 10.9. The highest BCUT2D eigenvalue weighted by Gasteiger charge is 1.98. The van der Waals surface area contributed by atoms with E-state index in [9.17, 15) is 4.79 Å². The molecule has 0 atom stereocenters. The van der Waals surface area contributed by atoms with Gasteiger partial charge in [-0.15, -0.1) is 0 Å². The van der Waals surface area contributed by atoms with Gasteiger partial charge in [0.1, 0.15) is 5.75 Å². The first kappa shape index (κ1) is 13.8. The molecule has 0 bridgehead atoms. The maximum absolute atomic E-state index is 11.0. The standard InChI is InChI=1S/C14H18N2O2S/c1-2-7-18-13-5-3-11(4-6-13)8-15-9-12-10-19-14(17)16-12/h3-6,10,15H,2,7-9H2,1H3,(H,16,17). The molecule has 0 radical (unpaired) electrons. The molecule has 0 amide bonds. The fraction of sp³-hybridized carbons (Fsp3) is 0.357. The molecule has 0 saturated carbocycles. The van der Waals surface area contributed by atoms with Crippen LogP contribution in [0.5, 0.6) is 5.75 Å². The third kappa shape index (κ3) is 4.54. The van der Waals surface area contributed by atoms with Crippen molar-refractivity contribution in [1.82, 2.24) is 10.3 Å². The zero-order valence-corrected chi connectivity index (χ0v) is 11.8. The molecule has 2 rings (SSSR count). The Labute approximate surface area is 116 Å². The topological polar surface area (TPSA) is 54.1 Å². The molecule has 0 aliphatic carbocycles. The van der Waals surface area contributed by atoms with E-state index in [4.69, 9.17) is 4.74 Å². The summed E-state index contributed by atoms with van der Waals surface area (Å²) in [7, 11) is 0. The lowest BCUT2D eigenvalue weighted by Crippen LogP contribution is -2.13. The van der Waals surface area contributed by atoms with E-state index >= 15 is 0 Å². The van der Waals surface area contributed by atoms with Crippen molar-refractivity contribution < 1.29 is 4.74 Å². The van der Waals surface area contributed by atoms with Gasteiger partial charge < -0.3 is 15.0 Å². The number of nitrogens with one attached hydrogen (secondary N) is 2. The summed E-state index contributed by atoms with van der Waals surface area (Å²) in [5.41, 5.74) is 2.12. The predicted molar refractivity (Wildman–Crippen MR) is 77.7 cm³/mol. The highest BCUT2D eigenvalue weighted by molar-refractivity contribution is 7.07. The molecule has 4 nitrogen and oxygen atoms in total. The molecule has 1 aromatic carbocycles. The van der Waals surface area contributed by atoms with E-state index in [0.29, 0.717) is 6.54 Å². The number of hydrogen-bond donors (Lipinski definition) is 2. The number of ether oxygens (including phenoxy) is 1. The molecule has 0 aliphatic heterocycles. The van der Waals surface area contributed by atoms with Gasteiger partial charge in [0.05, 0.1) is 6.61 Å². The smallest absolute Gasteiger partial charge is 0.304 e. The Morgan fingerprint density at radius 2 is 2.05 bits per heavy atom. The van der Waals surface area contributed by atoms with Gasteiger partial charge in [0.25, 0.3) is 0 Å². The van der Waals surface area contributed by atoms with Gasteiger partial charge in [-0.05, 0) is 24.1 Å². The largest absolute Gasteiger partial charge is 0.494 e. The predicted octanol–water partition coefficient (Wildman–Crippen LogP) is 2.51. The molecule has 0 spiro atoms. The van der Waals surface area contributed by atoms with E-state index in [-0.39, 0.29) is 4.87 Å². The molecule has 0 unspecified atom stereocenters. The third-order valence-corrected chi connectivity index (χ3v) is 3.33. The highest BCUT2D eigenvalue weighted by atomic mass is 32.1. The second-order valence-electron chi connectivity index (χ2n) is 4.27. The molecular weight excluding hydrogens is 260 g/mol. The molecule has 0 saturated heterocycles. The van der Waals surface area contributed by atoms with Gasteiger partial charge in [-0.25, -0.2) is 0 Å². The summed E-state index contributed by atoms with van der Waals surface area (Å²) in [6.45, 7) is 4.29. The summed E-state index contributed by atoms with van der Waals surface area (Å²) >= 11 is 1.19. The van der Waals surface area contributed by atoms with Crippen molar-refractivity contribution in [2.45, 2.75) is 26.4 Å². The Morgan fingerprint density at radius 1 is 1.26 bits per heavy atom. The Morgan fingerprint density at radius 3 is 2.68 bits per heavy atom. The van der Waals surface area contributed by atoms with Crippen LogP contribution in [0.15, 0.2) is 34.4 Å². The molecule has 5 heteroatoms. The lowest BCUT2D eigenvalue weighted by Gasteiger charge is -2.06. The lowest BCUT2D eigenvalue weighted by atomic mass is 10.2. The first-order valence-corrected chi connectivity index (χ1v) is 7.25. The maximum Gasteiger partial charge on any atom is 0.304 e. The van der Waals surface area contributed by atoms with Crippen LogP contribution >= 0.6 is 11.3 Å². The van der Waals surface area contributed by atoms with Crippen LogP contribution in [0.4, 0.5) is 0 Å². The molecule has 1 heterocycles. The quantitative estimate of drug-likeness (QED) is 0.818. The zero-order chi connectivity index (χ0) is 13.5. The van der Waals surface area contributed by atoms with Crippen LogP contribution in [0, 0.1) is 0 Å². The minimum Gasteiger partial charge on any atom is -0.494 e. The van der Waals surface area contributed by atoms with Gasteiger partial charge in [0.15, 0.2) is 0 Å². The van der Waals surface area contributed by atoms with Gasteiger partial charge in [-0.3, -0.25) is 4.79 Å². The van der Waals surface area contributed by atoms with E-state index in [2.05, 4.69) is 17.2 Å². The van der Waals surface area contributed by atoms with Crippen LogP contribution in [0.3, 0.4) is 0 Å². The lowest BCUT2D eigenvalue weighted by molar-refractivity contribution is 0.317. The molecule has 19 heavy (non-hydrogen) atoms. The average molecular weight is 278 g/mol. The van der Waals surface area contributed by atoms with Crippen molar-refractivity contribution in [3.05, 3.63) is 50.6 Å². The van der Waals surface area contributed by atoms with E-state index in [1.807, 2.05) is 29.6 Å². The number of thiazole rings is 1. The number of aromatic amines is 1. The summed E-state index contributed by atoms with van der Waals surface area (Å²) in [5, 5.41) is 5.13. The normalized spacial score (nSPS) is 10.6. The van der Waals surface area contributed by atoms with E-state index in [1.165, 1.54) is 16.9 Å². The van der Waals surface area contributed by atoms with Crippen molar-refractivity contribution in [2.75, 3.05) is 6.61 Å². The fourth-order valence-electron chi connectivity index (χ4n) is 1.67. The Bertz CT molecular complexity index is 545. The summed E-state index contributed by atoms with van der Waals surface area (Å²) in [4.78, 5) is 13.7. The van der Waals surface area contributed by atoms with Crippen LogP contribution in [0.25, 0.3) is 0 Å². The van der Waals surface area contributed by atoms with Crippen molar-refractivity contribution in [1.29, 1.82) is 0 Å². The molecule has 0 fully saturated rings. The minimum absolute atomic E-state index is 0.00535. The van der Waals surface area contributed by atoms with Gasteiger partial charge in [-0.1, -0.05) is 30.4 Å². The van der Waals surface area contributed by atoms with Gasteiger partial charge in [-0.2, -0.15) is 0 Å². The summed E-state index contributed by atoms with van der Waals surface area (Å²) in [6.07, 6.45) is 1.02. The minimum atomic E-state index is -0.00535. The third-order valence-electron chi connectivity index (χ3n) is 2.61. The summed E-state index contributed by atoms with van der Waals surface area (Å²) in [5.74, 6) is 0.910. The number of aromatic nitrogens is 1. The number of H-pyrrole nitrogens is 1. The van der Waals surface area contributed by atoms with E-state index in [1.54, 1.807) is 0 Å². The first-order chi connectivity index (χ1) is 9.28. The van der Waals surface area contributed by atoms with Crippen LogP contribution in [-0.2, 0) is 13.1 Å². The molecular formula is C14H18N2O2S. The number of rotatable bonds is 7. The van der Waals surface area contributed by atoms with Crippen LogP contribution in [-0.4, -0.2) is 11.6 Å². The SMILES string of the molecule is CCCOc1ccc(CNCc2csc(=O)[nH]2)cc1. The summed E-state index contributed by atoms with van der Waals surface area (Å²) in [6, 6.07) is 8.07. The van der Waals surface area contributed by atoms with Crippen molar-refractivity contribution in [3.8, 4) is 5.75 Å². The van der Waals surface area contributed by atoms with Crippen molar-refractivity contribution in [2.24, 2.45) is 0 Å². The molecule has 2 aromatic rings. The molecule has 1 aromatic heterocycles. The van der Waals surface area contributed by atoms with Crippen molar-refractivity contribution in [3.63, 3.8) is 0 Å². The fourth-order valence-corrected chi connectivity index (χ4v) is 2.25.